The zero-order valence-electron chi connectivity index (χ0n) is 10.8. The third-order valence-electron chi connectivity index (χ3n) is 2.56. The molecular weight excluding hydrogens is 336 g/mol. The first kappa shape index (κ1) is 15.9. The predicted octanol–water partition coefficient (Wildman–Crippen LogP) is 2.28. The van der Waals surface area contributed by atoms with Crippen molar-refractivity contribution in [2.45, 2.75) is 18.4 Å². The smallest absolute Gasteiger partial charge is 0.337 e. The first-order chi connectivity index (χ1) is 9.79. The minimum atomic E-state index is -3.77. The van der Waals surface area contributed by atoms with Crippen LogP contribution in [0, 0.1) is 6.92 Å². The molecule has 6 nitrogen and oxygen atoms in total. The van der Waals surface area contributed by atoms with Crippen LogP contribution in [0.5, 0.6) is 0 Å². The van der Waals surface area contributed by atoms with Crippen molar-refractivity contribution in [1.82, 2.24) is 9.71 Å². The predicted molar refractivity (Wildman–Crippen MR) is 79.3 cm³/mol. The Kier molecular flexibility index (Phi) is 4.62. The second-order valence-electron chi connectivity index (χ2n) is 4.15. The molecule has 0 aliphatic heterocycles. The molecule has 0 aliphatic carbocycles. The number of sulfonamides is 1. The van der Waals surface area contributed by atoms with Gasteiger partial charge in [0.15, 0.2) is 0 Å². The average Bonchev–Trinajstić information content (AvgIpc) is 2.82. The maximum atomic E-state index is 12.1. The number of hydrogen-bond acceptors (Lipinski definition) is 5. The van der Waals surface area contributed by atoms with Crippen molar-refractivity contribution in [1.29, 1.82) is 0 Å². The summed E-state index contributed by atoms with van der Waals surface area (Å²) in [6.45, 7) is 1.89. The van der Waals surface area contributed by atoms with Crippen LogP contribution in [-0.2, 0) is 16.6 Å². The molecule has 0 saturated heterocycles. The summed E-state index contributed by atoms with van der Waals surface area (Å²) in [5.41, 5.74) is 0.675. The van der Waals surface area contributed by atoms with Crippen LogP contribution < -0.4 is 4.72 Å². The largest absolute Gasteiger partial charge is 0.478 e. The fraction of sp³-hybridized carbons (Fsp3) is 0.167. The van der Waals surface area contributed by atoms with Gasteiger partial charge in [-0.05, 0) is 25.1 Å². The van der Waals surface area contributed by atoms with Crippen LogP contribution in [0.25, 0.3) is 0 Å². The lowest BCUT2D eigenvalue weighted by molar-refractivity contribution is 0.0697. The van der Waals surface area contributed by atoms with Crippen LogP contribution in [-0.4, -0.2) is 24.5 Å². The second kappa shape index (κ2) is 6.10. The fourth-order valence-electron chi connectivity index (χ4n) is 1.56. The number of hydrogen-bond donors (Lipinski definition) is 2. The van der Waals surface area contributed by atoms with Crippen LogP contribution in [0.15, 0.2) is 28.5 Å². The second-order valence-corrected chi connectivity index (χ2v) is 7.27. The number of thiazole rings is 1. The molecule has 2 rings (SSSR count). The van der Waals surface area contributed by atoms with Crippen molar-refractivity contribution in [3.63, 3.8) is 0 Å². The monoisotopic (exact) mass is 346 g/mol. The van der Waals surface area contributed by atoms with E-state index < -0.39 is 16.0 Å². The van der Waals surface area contributed by atoms with Gasteiger partial charge in [-0.3, -0.25) is 0 Å². The molecule has 9 heteroatoms. The molecule has 0 spiro atoms. The molecule has 2 N–H and O–H groups in total. The fourth-order valence-corrected chi connectivity index (χ4v) is 3.70. The number of nitrogens with one attached hydrogen (secondary N) is 1. The maximum absolute atomic E-state index is 12.1. The number of aromatic carboxylic acids is 1. The van der Waals surface area contributed by atoms with Gasteiger partial charge in [0.05, 0.1) is 22.0 Å². The van der Waals surface area contributed by atoms with E-state index in [1.54, 1.807) is 0 Å². The van der Waals surface area contributed by atoms with Gasteiger partial charge in [0.25, 0.3) is 0 Å². The number of aryl methyl sites for hydroxylation is 1. The maximum Gasteiger partial charge on any atom is 0.337 e. The highest BCUT2D eigenvalue weighted by Gasteiger charge is 2.18. The Morgan fingerprint density at radius 2 is 2.19 bits per heavy atom. The van der Waals surface area contributed by atoms with E-state index >= 15 is 0 Å². The van der Waals surface area contributed by atoms with Gasteiger partial charge in [-0.25, -0.2) is 22.9 Å². The molecule has 0 saturated carbocycles. The van der Waals surface area contributed by atoms with Crippen LogP contribution >= 0.6 is 22.9 Å². The molecular formula is C12H11ClN2O4S2. The summed E-state index contributed by atoms with van der Waals surface area (Å²) in [5, 5.41) is 11.2. The molecule has 112 valence electrons. The molecule has 21 heavy (non-hydrogen) atoms. The highest BCUT2D eigenvalue weighted by molar-refractivity contribution is 7.89. The van der Waals surface area contributed by atoms with Gasteiger partial charge in [0.1, 0.15) is 5.01 Å². The topological polar surface area (TPSA) is 96.4 Å². The van der Waals surface area contributed by atoms with Crippen molar-refractivity contribution in [3.8, 4) is 0 Å². The third kappa shape index (κ3) is 3.79. The van der Waals surface area contributed by atoms with Gasteiger partial charge in [-0.2, -0.15) is 0 Å². The Labute approximate surface area is 130 Å². The van der Waals surface area contributed by atoms with Crippen molar-refractivity contribution < 1.29 is 18.3 Å². The molecule has 2 aromatic rings. The van der Waals surface area contributed by atoms with Gasteiger partial charge < -0.3 is 5.11 Å². The number of carbonyl (C=O) groups is 1. The van der Waals surface area contributed by atoms with Gasteiger partial charge in [0, 0.05) is 11.1 Å². The molecule has 0 amide bonds. The van der Waals surface area contributed by atoms with E-state index in [-0.39, 0.29) is 22.0 Å². The van der Waals surface area contributed by atoms with Crippen LogP contribution in [0.4, 0.5) is 0 Å². The standard InChI is InChI=1S/C12H11ClN2O4S2/c1-7-6-20-11(15-7)5-14-21(18,19)8-2-3-9(12(16)17)10(13)4-8/h2-4,6,14H,5H2,1H3,(H,16,17). The Bertz CT molecular complexity index is 786. The Hall–Kier alpha value is -1.48. The average molecular weight is 347 g/mol. The quantitative estimate of drug-likeness (QED) is 0.865. The van der Waals surface area contributed by atoms with Crippen molar-refractivity contribution in [3.05, 3.63) is 44.9 Å². The van der Waals surface area contributed by atoms with Crippen LogP contribution in [0.1, 0.15) is 21.1 Å². The minimum absolute atomic E-state index is 0.0686. The number of aromatic nitrogens is 1. The summed E-state index contributed by atoms with van der Waals surface area (Å²) in [6.07, 6.45) is 0. The summed E-state index contributed by atoms with van der Waals surface area (Å²) in [4.78, 5) is 14.9. The van der Waals surface area contributed by atoms with E-state index in [0.29, 0.717) is 5.01 Å². The van der Waals surface area contributed by atoms with Crippen molar-refractivity contribution >= 4 is 38.9 Å². The highest BCUT2D eigenvalue weighted by Crippen LogP contribution is 2.21. The lowest BCUT2D eigenvalue weighted by atomic mass is 10.2. The number of nitrogens with zero attached hydrogens (tertiary/aromatic N) is 1. The molecule has 0 fully saturated rings. The van der Waals surface area contributed by atoms with E-state index in [4.69, 9.17) is 16.7 Å². The first-order valence-electron chi connectivity index (χ1n) is 5.73. The number of carboxylic acid groups (broad SMARTS) is 1. The molecule has 0 bridgehead atoms. The van der Waals surface area contributed by atoms with E-state index in [1.165, 1.54) is 17.4 Å². The van der Waals surface area contributed by atoms with Gasteiger partial charge >= 0.3 is 5.97 Å². The van der Waals surface area contributed by atoms with E-state index in [9.17, 15) is 13.2 Å². The molecule has 0 unspecified atom stereocenters. The SMILES string of the molecule is Cc1csc(CNS(=O)(=O)c2ccc(C(=O)O)c(Cl)c2)n1. The molecule has 1 heterocycles. The normalized spacial score (nSPS) is 11.5. The van der Waals surface area contributed by atoms with Gasteiger partial charge in [0.2, 0.25) is 10.0 Å². The first-order valence-corrected chi connectivity index (χ1v) is 8.47. The van der Waals surface area contributed by atoms with Gasteiger partial charge in [-0.1, -0.05) is 11.6 Å². The van der Waals surface area contributed by atoms with Crippen molar-refractivity contribution in [2.24, 2.45) is 0 Å². The summed E-state index contributed by atoms with van der Waals surface area (Å²) in [5.74, 6) is -1.21. The highest BCUT2D eigenvalue weighted by atomic mass is 35.5. The lowest BCUT2D eigenvalue weighted by Gasteiger charge is -2.07. The van der Waals surface area contributed by atoms with E-state index in [0.717, 1.165) is 17.8 Å². The van der Waals surface area contributed by atoms with E-state index in [2.05, 4.69) is 9.71 Å². The summed E-state index contributed by atoms with van der Waals surface area (Å²) in [7, 11) is -3.77. The minimum Gasteiger partial charge on any atom is -0.478 e. The van der Waals surface area contributed by atoms with Crippen LogP contribution in [0.2, 0.25) is 5.02 Å². The molecule has 1 aromatic carbocycles. The van der Waals surface area contributed by atoms with Crippen LogP contribution in [0.3, 0.4) is 0 Å². The van der Waals surface area contributed by atoms with Crippen molar-refractivity contribution in [2.75, 3.05) is 0 Å². The Morgan fingerprint density at radius 3 is 2.71 bits per heavy atom. The third-order valence-corrected chi connectivity index (χ3v) is 5.24. The van der Waals surface area contributed by atoms with E-state index in [1.807, 2.05) is 12.3 Å². The zero-order valence-corrected chi connectivity index (χ0v) is 13.2. The number of rotatable bonds is 5. The zero-order chi connectivity index (χ0) is 15.6. The Balaban J connectivity index is 2.19. The molecule has 0 aliphatic rings. The molecule has 1 aromatic heterocycles. The van der Waals surface area contributed by atoms with Gasteiger partial charge in [-0.15, -0.1) is 11.3 Å². The number of carboxylic acids is 1. The summed E-state index contributed by atoms with van der Waals surface area (Å²) in [6, 6.07) is 3.47. The summed E-state index contributed by atoms with van der Waals surface area (Å²) < 4.78 is 26.6. The molecule has 0 radical (unpaired) electrons. The Morgan fingerprint density at radius 1 is 1.48 bits per heavy atom. The summed E-state index contributed by atoms with van der Waals surface area (Å²) >= 11 is 7.12. The molecule has 0 atom stereocenters. The number of benzene rings is 1. The lowest BCUT2D eigenvalue weighted by Crippen LogP contribution is -2.23. The number of halogens is 1.